The van der Waals surface area contributed by atoms with E-state index < -0.39 is 0 Å². The molecule has 2 aliphatic rings. The maximum absolute atomic E-state index is 11.4. The number of likely N-dealkylation sites (tertiary alicyclic amines) is 1. The van der Waals surface area contributed by atoms with Crippen LogP contribution in [0.25, 0.3) is 0 Å². The van der Waals surface area contributed by atoms with E-state index in [1.54, 1.807) is 0 Å². The van der Waals surface area contributed by atoms with Crippen molar-refractivity contribution >= 4 is 5.91 Å². The summed E-state index contributed by atoms with van der Waals surface area (Å²) in [5.41, 5.74) is 0. The molecule has 1 amide bonds. The zero-order valence-electron chi connectivity index (χ0n) is 9.83. The van der Waals surface area contributed by atoms with Crippen molar-refractivity contribution in [2.45, 2.75) is 51.6 Å². The predicted molar refractivity (Wildman–Crippen MR) is 60.6 cm³/mol. The van der Waals surface area contributed by atoms with Gasteiger partial charge in [-0.25, -0.2) is 0 Å². The molecule has 3 nitrogen and oxygen atoms in total. The van der Waals surface area contributed by atoms with Gasteiger partial charge in [-0.05, 0) is 32.1 Å². The Morgan fingerprint density at radius 2 is 2.27 bits per heavy atom. The van der Waals surface area contributed by atoms with Gasteiger partial charge in [0, 0.05) is 31.6 Å². The molecule has 0 aromatic heterocycles. The molecule has 1 atom stereocenters. The standard InChI is InChI=1S/C12H22N2O/c1-9-6-11(7-9)13-10(2)8-14-5-3-4-12(14)15/h9-11,13H,3-8H2,1-2H3. The van der Waals surface area contributed by atoms with E-state index >= 15 is 0 Å². The first-order chi connectivity index (χ1) is 7.15. The van der Waals surface area contributed by atoms with Crippen molar-refractivity contribution in [1.82, 2.24) is 10.2 Å². The number of amides is 1. The molecule has 1 saturated heterocycles. The van der Waals surface area contributed by atoms with Crippen molar-refractivity contribution in [2.24, 2.45) is 5.92 Å². The van der Waals surface area contributed by atoms with E-state index in [-0.39, 0.29) is 0 Å². The molecule has 0 aromatic rings. The topological polar surface area (TPSA) is 32.3 Å². The Morgan fingerprint density at radius 3 is 2.80 bits per heavy atom. The largest absolute Gasteiger partial charge is 0.341 e. The van der Waals surface area contributed by atoms with E-state index in [0.717, 1.165) is 31.8 Å². The Balaban J connectivity index is 1.68. The monoisotopic (exact) mass is 210 g/mol. The molecular weight excluding hydrogens is 188 g/mol. The van der Waals surface area contributed by atoms with Gasteiger partial charge in [-0.3, -0.25) is 4.79 Å². The number of carbonyl (C=O) groups excluding carboxylic acids is 1. The van der Waals surface area contributed by atoms with Gasteiger partial charge in [0.05, 0.1) is 0 Å². The fraction of sp³-hybridized carbons (Fsp3) is 0.917. The molecule has 1 aliphatic carbocycles. The van der Waals surface area contributed by atoms with Gasteiger partial charge in [0.25, 0.3) is 0 Å². The number of carbonyl (C=O) groups is 1. The second-order valence-electron chi connectivity index (χ2n) is 5.28. The van der Waals surface area contributed by atoms with Crippen LogP contribution in [0.3, 0.4) is 0 Å². The van der Waals surface area contributed by atoms with Crippen molar-refractivity contribution in [3.05, 3.63) is 0 Å². The summed E-state index contributed by atoms with van der Waals surface area (Å²) in [6.07, 6.45) is 4.41. The second kappa shape index (κ2) is 4.52. The van der Waals surface area contributed by atoms with Gasteiger partial charge >= 0.3 is 0 Å². The minimum Gasteiger partial charge on any atom is -0.341 e. The van der Waals surface area contributed by atoms with Crippen molar-refractivity contribution in [3.63, 3.8) is 0 Å². The number of hydrogen-bond acceptors (Lipinski definition) is 2. The molecule has 1 heterocycles. The maximum Gasteiger partial charge on any atom is 0.222 e. The van der Waals surface area contributed by atoms with Gasteiger partial charge in [-0.1, -0.05) is 6.92 Å². The van der Waals surface area contributed by atoms with Crippen LogP contribution in [0.1, 0.15) is 39.5 Å². The summed E-state index contributed by atoms with van der Waals surface area (Å²) in [5, 5.41) is 3.60. The van der Waals surface area contributed by atoms with E-state index in [0.29, 0.717) is 18.0 Å². The van der Waals surface area contributed by atoms with Crippen LogP contribution in [0.2, 0.25) is 0 Å². The molecule has 0 aromatic carbocycles. The second-order valence-corrected chi connectivity index (χ2v) is 5.28. The summed E-state index contributed by atoms with van der Waals surface area (Å²) < 4.78 is 0. The lowest BCUT2D eigenvalue weighted by atomic mass is 9.81. The van der Waals surface area contributed by atoms with Crippen molar-refractivity contribution < 1.29 is 4.79 Å². The SMILES string of the molecule is CC1CC(NC(C)CN2CCCC2=O)C1. The van der Waals surface area contributed by atoms with Crippen LogP contribution in [0.15, 0.2) is 0 Å². The number of rotatable bonds is 4. The first-order valence-electron chi connectivity index (χ1n) is 6.19. The van der Waals surface area contributed by atoms with Crippen LogP contribution in [0.5, 0.6) is 0 Å². The highest BCUT2D eigenvalue weighted by molar-refractivity contribution is 5.78. The Morgan fingerprint density at radius 1 is 1.53 bits per heavy atom. The predicted octanol–water partition coefficient (Wildman–Crippen LogP) is 1.39. The highest BCUT2D eigenvalue weighted by atomic mass is 16.2. The minimum absolute atomic E-state index is 0.339. The molecule has 1 aliphatic heterocycles. The normalized spacial score (nSPS) is 32.9. The maximum atomic E-state index is 11.4. The molecular formula is C12H22N2O. The summed E-state index contributed by atoms with van der Waals surface area (Å²) in [5.74, 6) is 1.23. The number of nitrogens with one attached hydrogen (secondary N) is 1. The first kappa shape index (κ1) is 10.9. The average Bonchev–Trinajstić information content (AvgIpc) is 2.49. The summed E-state index contributed by atoms with van der Waals surface area (Å²) in [6.45, 7) is 6.34. The molecule has 0 bridgehead atoms. The average molecular weight is 210 g/mol. The van der Waals surface area contributed by atoms with E-state index in [1.165, 1.54) is 12.8 Å². The highest BCUT2D eigenvalue weighted by Gasteiger charge is 2.28. The third kappa shape index (κ3) is 2.71. The molecule has 15 heavy (non-hydrogen) atoms. The molecule has 1 N–H and O–H groups in total. The van der Waals surface area contributed by atoms with Gasteiger partial charge in [0.2, 0.25) is 5.91 Å². The Labute approximate surface area is 92.2 Å². The summed E-state index contributed by atoms with van der Waals surface area (Å²) in [7, 11) is 0. The van der Waals surface area contributed by atoms with E-state index in [2.05, 4.69) is 19.2 Å². The Kier molecular flexibility index (Phi) is 3.29. The van der Waals surface area contributed by atoms with Crippen LogP contribution in [-0.4, -0.2) is 36.0 Å². The number of nitrogens with zero attached hydrogens (tertiary/aromatic N) is 1. The highest BCUT2D eigenvalue weighted by Crippen LogP contribution is 2.26. The number of hydrogen-bond donors (Lipinski definition) is 1. The molecule has 1 saturated carbocycles. The summed E-state index contributed by atoms with van der Waals surface area (Å²) >= 11 is 0. The molecule has 0 radical (unpaired) electrons. The molecule has 1 unspecified atom stereocenters. The van der Waals surface area contributed by atoms with Crippen LogP contribution in [0.4, 0.5) is 0 Å². The lowest BCUT2D eigenvalue weighted by Gasteiger charge is -2.36. The van der Waals surface area contributed by atoms with E-state index in [1.807, 2.05) is 4.90 Å². The smallest absolute Gasteiger partial charge is 0.222 e. The summed E-state index contributed by atoms with van der Waals surface area (Å²) in [6, 6.07) is 1.15. The zero-order valence-corrected chi connectivity index (χ0v) is 9.83. The van der Waals surface area contributed by atoms with Crippen LogP contribution >= 0.6 is 0 Å². The molecule has 86 valence electrons. The van der Waals surface area contributed by atoms with Crippen molar-refractivity contribution in [1.29, 1.82) is 0 Å². The van der Waals surface area contributed by atoms with Gasteiger partial charge in [0.15, 0.2) is 0 Å². The quantitative estimate of drug-likeness (QED) is 0.760. The molecule has 0 spiro atoms. The van der Waals surface area contributed by atoms with Crippen molar-refractivity contribution in [2.75, 3.05) is 13.1 Å². The molecule has 2 fully saturated rings. The van der Waals surface area contributed by atoms with E-state index in [4.69, 9.17) is 0 Å². The van der Waals surface area contributed by atoms with Gasteiger partial charge in [0.1, 0.15) is 0 Å². The lowest BCUT2D eigenvalue weighted by Crippen LogP contribution is -2.48. The lowest BCUT2D eigenvalue weighted by molar-refractivity contribution is -0.128. The molecule has 3 heteroatoms. The van der Waals surface area contributed by atoms with Crippen LogP contribution < -0.4 is 5.32 Å². The van der Waals surface area contributed by atoms with Gasteiger partial charge < -0.3 is 10.2 Å². The Hall–Kier alpha value is -0.570. The minimum atomic E-state index is 0.339. The fourth-order valence-corrected chi connectivity index (χ4v) is 2.72. The first-order valence-corrected chi connectivity index (χ1v) is 6.19. The van der Waals surface area contributed by atoms with E-state index in [9.17, 15) is 4.79 Å². The fourth-order valence-electron chi connectivity index (χ4n) is 2.72. The van der Waals surface area contributed by atoms with Crippen LogP contribution in [-0.2, 0) is 4.79 Å². The van der Waals surface area contributed by atoms with Gasteiger partial charge in [-0.2, -0.15) is 0 Å². The van der Waals surface area contributed by atoms with Crippen LogP contribution in [0, 0.1) is 5.92 Å². The third-order valence-corrected chi connectivity index (χ3v) is 3.56. The summed E-state index contributed by atoms with van der Waals surface area (Å²) in [4.78, 5) is 13.4. The zero-order chi connectivity index (χ0) is 10.8. The van der Waals surface area contributed by atoms with Crippen molar-refractivity contribution in [3.8, 4) is 0 Å². The Bertz CT molecular complexity index is 236. The van der Waals surface area contributed by atoms with Gasteiger partial charge in [-0.15, -0.1) is 0 Å². The third-order valence-electron chi connectivity index (χ3n) is 3.56. The molecule has 2 rings (SSSR count).